The summed E-state index contributed by atoms with van der Waals surface area (Å²) >= 11 is 0. The van der Waals surface area contributed by atoms with Gasteiger partial charge in [0.1, 0.15) is 0 Å². The van der Waals surface area contributed by atoms with Gasteiger partial charge >= 0.3 is 0 Å². The Bertz CT molecular complexity index is 203. The second-order valence-corrected chi connectivity index (χ2v) is 3.63. The van der Waals surface area contributed by atoms with E-state index >= 15 is 0 Å². The Morgan fingerprint density at radius 1 is 1.82 bits per heavy atom. The summed E-state index contributed by atoms with van der Waals surface area (Å²) in [5.41, 5.74) is 1.91. The van der Waals surface area contributed by atoms with Crippen LogP contribution in [0.15, 0.2) is 23.8 Å². The quantitative estimate of drug-likeness (QED) is 0.572. The highest BCUT2D eigenvalue weighted by Gasteiger charge is 2.32. The highest BCUT2D eigenvalue weighted by Crippen LogP contribution is 2.41. The zero-order valence-electron chi connectivity index (χ0n) is 7.28. The molecule has 1 rings (SSSR count). The van der Waals surface area contributed by atoms with Crippen molar-refractivity contribution in [1.82, 2.24) is 0 Å². The van der Waals surface area contributed by atoms with E-state index in [1.807, 2.05) is 13.8 Å². The first kappa shape index (κ1) is 8.51. The largest absolute Gasteiger partial charge is 0.250 e. The first-order chi connectivity index (χ1) is 5.10. The Hall–Kier alpha value is -0.590. The highest BCUT2D eigenvalue weighted by atomic mass is 19.1. The molecule has 0 heterocycles. The van der Waals surface area contributed by atoms with Crippen LogP contribution in [0.3, 0.4) is 0 Å². The van der Waals surface area contributed by atoms with Crippen molar-refractivity contribution in [3.8, 4) is 0 Å². The molecule has 0 nitrogen and oxygen atoms in total. The zero-order chi connectivity index (χ0) is 8.48. The fraction of sp³-hybridized carbons (Fsp3) is 0.600. The molecule has 0 N–H and O–H groups in total. The van der Waals surface area contributed by atoms with E-state index in [0.717, 1.165) is 24.0 Å². The second-order valence-electron chi connectivity index (χ2n) is 3.63. The predicted octanol–water partition coefficient (Wildman–Crippen LogP) is 3.26. The van der Waals surface area contributed by atoms with Crippen molar-refractivity contribution in [3.05, 3.63) is 23.8 Å². The number of hydrogen-bond acceptors (Lipinski definition) is 0. The number of allylic oxidation sites excluding steroid dienone is 3. The van der Waals surface area contributed by atoms with Crippen molar-refractivity contribution in [2.75, 3.05) is 6.67 Å². The third kappa shape index (κ3) is 1.37. The Labute approximate surface area is 67.8 Å². The molecule has 0 aromatic heterocycles. The molecule has 0 saturated carbocycles. The van der Waals surface area contributed by atoms with Crippen LogP contribution in [0.25, 0.3) is 0 Å². The van der Waals surface area contributed by atoms with Crippen molar-refractivity contribution in [3.63, 3.8) is 0 Å². The van der Waals surface area contributed by atoms with E-state index in [4.69, 9.17) is 0 Å². The van der Waals surface area contributed by atoms with E-state index in [9.17, 15) is 4.39 Å². The van der Waals surface area contributed by atoms with Crippen LogP contribution < -0.4 is 0 Å². The number of halogens is 1. The molecule has 1 atom stereocenters. The van der Waals surface area contributed by atoms with Crippen molar-refractivity contribution >= 4 is 0 Å². The summed E-state index contributed by atoms with van der Waals surface area (Å²) in [6.07, 6.45) is 4.05. The van der Waals surface area contributed by atoms with Gasteiger partial charge in [-0.2, -0.15) is 0 Å². The number of alkyl halides is 1. The van der Waals surface area contributed by atoms with Gasteiger partial charge in [0.2, 0.25) is 0 Å². The molecule has 0 spiro atoms. The van der Waals surface area contributed by atoms with Gasteiger partial charge in [-0.25, -0.2) is 0 Å². The second kappa shape index (κ2) is 2.80. The van der Waals surface area contributed by atoms with Gasteiger partial charge in [-0.15, -0.1) is 0 Å². The van der Waals surface area contributed by atoms with Gasteiger partial charge < -0.3 is 0 Å². The molecule has 0 radical (unpaired) electrons. The Kier molecular flexibility index (Phi) is 2.17. The van der Waals surface area contributed by atoms with E-state index in [2.05, 4.69) is 12.7 Å². The third-order valence-corrected chi connectivity index (χ3v) is 2.45. The molecule has 0 aliphatic heterocycles. The highest BCUT2D eigenvalue weighted by molar-refractivity contribution is 5.35. The van der Waals surface area contributed by atoms with Crippen molar-refractivity contribution in [2.24, 2.45) is 5.41 Å². The van der Waals surface area contributed by atoms with Crippen LogP contribution in [0.1, 0.15) is 26.7 Å². The molecule has 0 bridgehead atoms. The Morgan fingerprint density at radius 2 is 2.45 bits per heavy atom. The van der Waals surface area contributed by atoms with Crippen LogP contribution >= 0.6 is 0 Å². The average molecular weight is 154 g/mol. The van der Waals surface area contributed by atoms with Gasteiger partial charge in [0, 0.05) is 5.41 Å². The normalized spacial score (nSPS) is 30.3. The Morgan fingerprint density at radius 3 is 2.82 bits per heavy atom. The zero-order valence-corrected chi connectivity index (χ0v) is 7.28. The lowest BCUT2D eigenvalue weighted by atomic mass is 9.82. The maximum atomic E-state index is 12.6. The lowest BCUT2D eigenvalue weighted by Gasteiger charge is -2.24. The summed E-state index contributed by atoms with van der Waals surface area (Å²) in [6.45, 7) is 7.51. The maximum absolute atomic E-state index is 12.6. The lowest BCUT2D eigenvalue weighted by molar-refractivity contribution is 0.280. The topological polar surface area (TPSA) is 0 Å². The van der Waals surface area contributed by atoms with Crippen molar-refractivity contribution < 1.29 is 4.39 Å². The third-order valence-electron chi connectivity index (χ3n) is 2.45. The first-order valence-electron chi connectivity index (χ1n) is 4.02. The summed E-state index contributed by atoms with van der Waals surface area (Å²) in [4.78, 5) is 0. The van der Waals surface area contributed by atoms with E-state index in [-0.39, 0.29) is 12.1 Å². The molecule has 0 aromatic carbocycles. The van der Waals surface area contributed by atoms with Crippen LogP contribution in [0.5, 0.6) is 0 Å². The van der Waals surface area contributed by atoms with Gasteiger partial charge in [-0.1, -0.05) is 25.2 Å². The van der Waals surface area contributed by atoms with Crippen LogP contribution in [0.4, 0.5) is 4.39 Å². The molecule has 1 heteroatoms. The van der Waals surface area contributed by atoms with Crippen LogP contribution in [0, 0.1) is 5.41 Å². The molecule has 0 saturated heterocycles. The smallest absolute Gasteiger partial charge is 0.0988 e. The van der Waals surface area contributed by atoms with Crippen LogP contribution in [-0.4, -0.2) is 6.67 Å². The summed E-state index contributed by atoms with van der Waals surface area (Å²) < 4.78 is 12.6. The monoisotopic (exact) mass is 154 g/mol. The van der Waals surface area contributed by atoms with Crippen molar-refractivity contribution in [1.29, 1.82) is 0 Å². The molecular weight excluding hydrogens is 139 g/mol. The summed E-state index contributed by atoms with van der Waals surface area (Å²) in [5.74, 6) is 0. The minimum absolute atomic E-state index is 0.230. The molecular formula is C10H15F. The van der Waals surface area contributed by atoms with Gasteiger partial charge in [0.15, 0.2) is 0 Å². The fourth-order valence-corrected chi connectivity index (χ4v) is 1.74. The van der Waals surface area contributed by atoms with Crippen LogP contribution in [-0.2, 0) is 0 Å². The van der Waals surface area contributed by atoms with Crippen molar-refractivity contribution in [2.45, 2.75) is 26.7 Å². The Balaban J connectivity index is 2.86. The lowest BCUT2D eigenvalue weighted by Crippen LogP contribution is -2.18. The summed E-state index contributed by atoms with van der Waals surface area (Å²) in [5, 5.41) is 0. The van der Waals surface area contributed by atoms with E-state index < -0.39 is 0 Å². The molecule has 1 aliphatic rings. The van der Waals surface area contributed by atoms with Gasteiger partial charge in [0.05, 0.1) is 6.67 Å². The molecule has 0 fully saturated rings. The minimum Gasteiger partial charge on any atom is -0.250 e. The molecule has 62 valence electrons. The minimum atomic E-state index is -0.258. The first-order valence-corrected chi connectivity index (χ1v) is 4.02. The number of hydrogen-bond donors (Lipinski definition) is 0. The maximum Gasteiger partial charge on any atom is 0.0988 e. The molecule has 0 amide bonds. The van der Waals surface area contributed by atoms with E-state index in [1.54, 1.807) is 0 Å². The molecule has 0 aromatic rings. The summed E-state index contributed by atoms with van der Waals surface area (Å²) in [7, 11) is 0. The molecule has 1 unspecified atom stereocenters. The van der Waals surface area contributed by atoms with Gasteiger partial charge in [0.25, 0.3) is 0 Å². The summed E-state index contributed by atoms with van der Waals surface area (Å²) in [6, 6.07) is 0. The van der Waals surface area contributed by atoms with Gasteiger partial charge in [-0.3, -0.25) is 4.39 Å². The predicted molar refractivity (Wildman–Crippen MR) is 46.2 cm³/mol. The van der Waals surface area contributed by atoms with Gasteiger partial charge in [-0.05, 0) is 25.3 Å². The molecule has 1 aliphatic carbocycles. The standard InChI is InChI=1S/C10H15F/c1-8(2)9-5-4-6-10(9,3)7-11/h5H,1,4,6-7H2,2-3H3. The fourth-order valence-electron chi connectivity index (χ4n) is 1.74. The SMILES string of the molecule is C=C(C)C1=CCCC1(C)CF. The number of rotatable bonds is 2. The van der Waals surface area contributed by atoms with Crippen LogP contribution in [0.2, 0.25) is 0 Å². The van der Waals surface area contributed by atoms with E-state index in [1.165, 1.54) is 0 Å². The average Bonchev–Trinajstić information content (AvgIpc) is 2.32. The van der Waals surface area contributed by atoms with E-state index in [0.29, 0.717) is 0 Å². The molecule has 11 heavy (non-hydrogen) atoms.